The summed E-state index contributed by atoms with van der Waals surface area (Å²) in [5.74, 6) is 2.32. The van der Waals surface area contributed by atoms with Gasteiger partial charge in [-0.25, -0.2) is 0 Å². The normalized spacial score (nSPS) is 13.2. The Balaban J connectivity index is 1.95. The zero-order valence-electron chi connectivity index (χ0n) is 21.7. The first-order valence-electron chi connectivity index (χ1n) is 12.9. The van der Waals surface area contributed by atoms with Gasteiger partial charge >= 0.3 is 0 Å². The van der Waals surface area contributed by atoms with Crippen molar-refractivity contribution in [2.24, 2.45) is 5.92 Å². The van der Waals surface area contributed by atoms with Gasteiger partial charge in [-0.05, 0) is 42.4 Å². The van der Waals surface area contributed by atoms with Gasteiger partial charge in [0.05, 0.1) is 72.7 Å². The molecule has 0 spiro atoms. The van der Waals surface area contributed by atoms with Crippen molar-refractivity contribution in [3.05, 3.63) is 29.8 Å². The summed E-state index contributed by atoms with van der Waals surface area (Å²) in [4.78, 5) is 0. The molecule has 7 heteroatoms. The number of aliphatic hydroxyl groups is 1. The fourth-order valence-corrected chi connectivity index (χ4v) is 3.40. The molecule has 0 heterocycles. The summed E-state index contributed by atoms with van der Waals surface area (Å²) in [5, 5.41) is 8.57. The van der Waals surface area contributed by atoms with Crippen molar-refractivity contribution in [3.8, 4) is 5.75 Å². The monoisotopic (exact) mass is 484 g/mol. The summed E-state index contributed by atoms with van der Waals surface area (Å²) in [6.45, 7) is 12.5. The van der Waals surface area contributed by atoms with Crippen LogP contribution in [-0.4, -0.2) is 84.4 Å². The lowest BCUT2D eigenvalue weighted by molar-refractivity contribution is -0.0146. The van der Waals surface area contributed by atoms with Gasteiger partial charge in [0.1, 0.15) is 12.4 Å². The van der Waals surface area contributed by atoms with Gasteiger partial charge in [-0.2, -0.15) is 0 Å². The molecule has 2 atom stereocenters. The zero-order chi connectivity index (χ0) is 24.7. The number of rotatable bonds is 24. The molecule has 0 aliphatic rings. The highest BCUT2D eigenvalue weighted by Crippen LogP contribution is 2.28. The van der Waals surface area contributed by atoms with Crippen LogP contribution in [0.25, 0.3) is 0 Å². The molecular weight excluding hydrogens is 436 g/mol. The average molecular weight is 485 g/mol. The Morgan fingerprint density at radius 1 is 0.618 bits per heavy atom. The topological polar surface area (TPSA) is 75.6 Å². The summed E-state index contributed by atoms with van der Waals surface area (Å²) in [6, 6.07) is 8.55. The van der Waals surface area contributed by atoms with Crippen molar-refractivity contribution in [3.63, 3.8) is 0 Å². The van der Waals surface area contributed by atoms with Crippen LogP contribution in [0.1, 0.15) is 57.9 Å². The van der Waals surface area contributed by atoms with Crippen molar-refractivity contribution in [1.29, 1.82) is 0 Å². The Kier molecular flexibility index (Phi) is 20.2. The van der Waals surface area contributed by atoms with E-state index in [9.17, 15) is 0 Å². The number of hydrogen-bond acceptors (Lipinski definition) is 7. The lowest BCUT2D eigenvalue weighted by atomic mass is 9.88. The van der Waals surface area contributed by atoms with E-state index < -0.39 is 0 Å². The Morgan fingerprint density at radius 3 is 1.53 bits per heavy atom. The molecule has 0 bridgehead atoms. The van der Waals surface area contributed by atoms with E-state index in [1.165, 1.54) is 31.2 Å². The van der Waals surface area contributed by atoms with Gasteiger partial charge < -0.3 is 33.5 Å². The molecule has 0 fully saturated rings. The SMILES string of the molecule is CCC(C)CCC(CC)c1ccc(OCCOCCOCCOCCOCCOCCO)cc1. The second-order valence-corrected chi connectivity index (χ2v) is 8.40. The van der Waals surface area contributed by atoms with E-state index in [1.807, 2.05) is 0 Å². The first-order chi connectivity index (χ1) is 16.7. The molecule has 198 valence electrons. The summed E-state index contributed by atoms with van der Waals surface area (Å²) in [5.41, 5.74) is 1.41. The molecule has 1 aromatic rings. The Labute approximate surface area is 207 Å². The second-order valence-electron chi connectivity index (χ2n) is 8.40. The molecule has 0 saturated heterocycles. The Bertz CT molecular complexity index is 552. The summed E-state index contributed by atoms with van der Waals surface area (Å²) in [6.07, 6.45) is 4.98. The molecule has 0 aliphatic carbocycles. The summed E-state index contributed by atoms with van der Waals surface area (Å²) in [7, 11) is 0. The van der Waals surface area contributed by atoms with E-state index in [-0.39, 0.29) is 6.61 Å². The van der Waals surface area contributed by atoms with Gasteiger partial charge in [0.15, 0.2) is 0 Å². The van der Waals surface area contributed by atoms with Gasteiger partial charge in [0, 0.05) is 0 Å². The highest BCUT2D eigenvalue weighted by atomic mass is 16.6. The van der Waals surface area contributed by atoms with Gasteiger partial charge in [-0.3, -0.25) is 0 Å². The predicted molar refractivity (Wildman–Crippen MR) is 135 cm³/mol. The van der Waals surface area contributed by atoms with Crippen LogP contribution in [0.5, 0.6) is 5.75 Å². The highest BCUT2D eigenvalue weighted by molar-refractivity contribution is 5.29. The number of benzene rings is 1. The van der Waals surface area contributed by atoms with Crippen LogP contribution >= 0.6 is 0 Å². The van der Waals surface area contributed by atoms with Gasteiger partial charge in [-0.1, -0.05) is 45.7 Å². The van der Waals surface area contributed by atoms with Crippen LogP contribution in [0.4, 0.5) is 0 Å². The van der Waals surface area contributed by atoms with Crippen molar-refractivity contribution in [1.82, 2.24) is 0 Å². The molecule has 7 nitrogen and oxygen atoms in total. The van der Waals surface area contributed by atoms with E-state index in [2.05, 4.69) is 45.0 Å². The van der Waals surface area contributed by atoms with E-state index in [0.29, 0.717) is 78.6 Å². The standard InChI is InChI=1S/C27H48O7/c1-4-24(3)6-7-25(5-2)26-8-10-27(11-9-26)34-23-22-33-21-20-32-19-18-31-17-16-30-15-14-29-13-12-28/h8-11,24-25,28H,4-7,12-23H2,1-3H3. The van der Waals surface area contributed by atoms with Gasteiger partial charge in [-0.15, -0.1) is 0 Å². The van der Waals surface area contributed by atoms with Crippen LogP contribution in [0.15, 0.2) is 24.3 Å². The minimum absolute atomic E-state index is 0.0364. The van der Waals surface area contributed by atoms with Crippen molar-refractivity contribution in [2.45, 2.75) is 52.4 Å². The second kappa shape index (κ2) is 22.3. The largest absolute Gasteiger partial charge is 0.491 e. The molecule has 1 rings (SSSR count). The third-order valence-corrected chi connectivity index (χ3v) is 5.77. The number of ether oxygens (including phenoxy) is 6. The third kappa shape index (κ3) is 16.4. The molecule has 0 aliphatic heterocycles. The van der Waals surface area contributed by atoms with E-state index >= 15 is 0 Å². The lowest BCUT2D eigenvalue weighted by Crippen LogP contribution is -2.14. The molecule has 0 saturated carbocycles. The maximum atomic E-state index is 8.57. The minimum Gasteiger partial charge on any atom is -0.491 e. The predicted octanol–water partition coefficient (Wildman–Crippen LogP) is 4.46. The third-order valence-electron chi connectivity index (χ3n) is 5.77. The van der Waals surface area contributed by atoms with E-state index in [0.717, 1.165) is 11.7 Å². The molecule has 0 aromatic heterocycles. The molecular formula is C27H48O7. The van der Waals surface area contributed by atoms with Crippen LogP contribution in [-0.2, 0) is 23.7 Å². The highest BCUT2D eigenvalue weighted by Gasteiger charge is 2.11. The van der Waals surface area contributed by atoms with E-state index in [4.69, 9.17) is 33.5 Å². The molecule has 1 N–H and O–H groups in total. The zero-order valence-corrected chi connectivity index (χ0v) is 21.7. The first-order valence-corrected chi connectivity index (χ1v) is 12.9. The molecule has 2 unspecified atom stereocenters. The van der Waals surface area contributed by atoms with Crippen molar-refractivity contribution in [2.75, 3.05) is 79.3 Å². The Hall–Kier alpha value is -1.22. The number of aliphatic hydroxyl groups excluding tert-OH is 1. The van der Waals surface area contributed by atoms with Gasteiger partial charge in [0.25, 0.3) is 0 Å². The van der Waals surface area contributed by atoms with Crippen LogP contribution in [0.3, 0.4) is 0 Å². The van der Waals surface area contributed by atoms with Crippen LogP contribution in [0, 0.1) is 5.92 Å². The number of hydrogen-bond donors (Lipinski definition) is 1. The fraction of sp³-hybridized carbons (Fsp3) is 0.778. The molecule has 0 radical (unpaired) electrons. The Morgan fingerprint density at radius 2 is 1.09 bits per heavy atom. The molecule has 34 heavy (non-hydrogen) atoms. The van der Waals surface area contributed by atoms with Crippen LogP contribution in [0.2, 0.25) is 0 Å². The first kappa shape index (κ1) is 30.8. The quantitative estimate of drug-likeness (QED) is 0.217. The maximum Gasteiger partial charge on any atom is 0.119 e. The van der Waals surface area contributed by atoms with Gasteiger partial charge in [0.2, 0.25) is 0 Å². The summed E-state index contributed by atoms with van der Waals surface area (Å²) < 4.78 is 32.7. The summed E-state index contributed by atoms with van der Waals surface area (Å²) >= 11 is 0. The smallest absolute Gasteiger partial charge is 0.119 e. The van der Waals surface area contributed by atoms with E-state index in [1.54, 1.807) is 0 Å². The molecule has 1 aromatic carbocycles. The van der Waals surface area contributed by atoms with Crippen molar-refractivity contribution < 1.29 is 33.5 Å². The fourth-order valence-electron chi connectivity index (χ4n) is 3.40. The molecule has 0 amide bonds. The van der Waals surface area contributed by atoms with Crippen LogP contribution < -0.4 is 4.74 Å². The lowest BCUT2D eigenvalue weighted by Gasteiger charge is -2.18. The maximum absolute atomic E-state index is 8.57. The van der Waals surface area contributed by atoms with Crippen molar-refractivity contribution >= 4 is 0 Å². The average Bonchev–Trinajstić information content (AvgIpc) is 2.86. The minimum atomic E-state index is 0.0364.